The molecule has 1 aliphatic rings. The topological polar surface area (TPSA) is 81.4 Å². The van der Waals surface area contributed by atoms with Crippen molar-refractivity contribution < 1.29 is 13.2 Å². The highest BCUT2D eigenvalue weighted by molar-refractivity contribution is 7.89. The first-order chi connectivity index (χ1) is 6.79. The molecule has 1 fully saturated rings. The second kappa shape index (κ2) is 4.78. The summed E-state index contributed by atoms with van der Waals surface area (Å²) in [5.74, 6) is 0.0447. The van der Waals surface area contributed by atoms with Gasteiger partial charge in [-0.15, -0.1) is 0 Å². The molecule has 0 aromatic heterocycles. The van der Waals surface area contributed by atoms with E-state index in [2.05, 4.69) is 4.72 Å². The maximum Gasteiger partial charge on any atom is 0.214 e. The van der Waals surface area contributed by atoms with Crippen LogP contribution in [0.4, 0.5) is 0 Å². The summed E-state index contributed by atoms with van der Waals surface area (Å²) in [6.07, 6.45) is 1.62. The van der Waals surface area contributed by atoms with Gasteiger partial charge < -0.3 is 10.5 Å². The third-order valence-corrected chi connectivity index (χ3v) is 3.57. The second-order valence-corrected chi connectivity index (χ2v) is 6.58. The van der Waals surface area contributed by atoms with Crippen molar-refractivity contribution in [3.05, 3.63) is 0 Å². The molecule has 1 rings (SSSR count). The third kappa shape index (κ3) is 5.46. The fourth-order valence-corrected chi connectivity index (χ4v) is 2.84. The molecule has 0 radical (unpaired) electrons. The zero-order valence-electron chi connectivity index (χ0n) is 9.32. The van der Waals surface area contributed by atoms with E-state index in [4.69, 9.17) is 10.5 Å². The summed E-state index contributed by atoms with van der Waals surface area (Å²) in [6.45, 7) is 4.48. The predicted octanol–water partition coefficient (Wildman–Crippen LogP) is -0.178. The van der Waals surface area contributed by atoms with Gasteiger partial charge in [-0.2, -0.15) is 0 Å². The highest BCUT2D eigenvalue weighted by atomic mass is 32.2. The van der Waals surface area contributed by atoms with Crippen LogP contribution in [-0.4, -0.2) is 39.0 Å². The number of ether oxygens (including phenoxy) is 1. The molecule has 0 saturated carbocycles. The van der Waals surface area contributed by atoms with Gasteiger partial charge in [0, 0.05) is 18.7 Å². The monoisotopic (exact) mass is 236 g/mol. The van der Waals surface area contributed by atoms with Crippen LogP contribution in [0.2, 0.25) is 0 Å². The van der Waals surface area contributed by atoms with Gasteiger partial charge in [-0.05, 0) is 26.7 Å². The molecule has 0 amide bonds. The molecule has 0 aliphatic carbocycles. The lowest BCUT2D eigenvalue weighted by Crippen LogP contribution is -2.46. The molecule has 6 heteroatoms. The smallest absolute Gasteiger partial charge is 0.214 e. The fraction of sp³-hybridized carbons (Fsp3) is 1.00. The summed E-state index contributed by atoms with van der Waals surface area (Å²) in [7, 11) is -3.25. The minimum atomic E-state index is -3.25. The van der Waals surface area contributed by atoms with E-state index in [-0.39, 0.29) is 18.4 Å². The average molecular weight is 236 g/mol. The number of nitrogens with two attached hydrogens (primary N) is 1. The minimum absolute atomic E-state index is 0.0447. The van der Waals surface area contributed by atoms with Crippen molar-refractivity contribution in [1.82, 2.24) is 4.72 Å². The number of hydrogen-bond donors (Lipinski definition) is 2. The van der Waals surface area contributed by atoms with Crippen LogP contribution in [0.15, 0.2) is 0 Å². The van der Waals surface area contributed by atoms with Crippen molar-refractivity contribution in [2.24, 2.45) is 5.73 Å². The highest BCUT2D eigenvalue weighted by Gasteiger charge is 2.24. The quantitative estimate of drug-likeness (QED) is 0.694. The molecule has 0 bridgehead atoms. The van der Waals surface area contributed by atoms with Crippen molar-refractivity contribution in [2.75, 3.05) is 18.9 Å². The van der Waals surface area contributed by atoms with E-state index in [1.54, 1.807) is 13.8 Å². The van der Waals surface area contributed by atoms with Crippen LogP contribution in [0, 0.1) is 0 Å². The van der Waals surface area contributed by atoms with Gasteiger partial charge in [0.15, 0.2) is 0 Å². The first-order valence-electron chi connectivity index (χ1n) is 5.16. The average Bonchev–Trinajstić information content (AvgIpc) is 2.52. The van der Waals surface area contributed by atoms with Gasteiger partial charge in [-0.25, -0.2) is 13.1 Å². The van der Waals surface area contributed by atoms with Crippen LogP contribution >= 0.6 is 0 Å². The Morgan fingerprint density at radius 2 is 2.20 bits per heavy atom. The van der Waals surface area contributed by atoms with Gasteiger partial charge in [-0.1, -0.05) is 0 Å². The molecule has 1 aliphatic heterocycles. The number of sulfonamides is 1. The summed E-state index contributed by atoms with van der Waals surface area (Å²) in [5, 5.41) is 0. The predicted molar refractivity (Wildman–Crippen MR) is 59.0 cm³/mol. The summed E-state index contributed by atoms with van der Waals surface area (Å²) < 4.78 is 30.9. The van der Waals surface area contributed by atoms with E-state index in [0.717, 1.165) is 12.8 Å². The fourth-order valence-electron chi connectivity index (χ4n) is 1.38. The lowest BCUT2D eigenvalue weighted by Gasteiger charge is -2.19. The van der Waals surface area contributed by atoms with Crippen molar-refractivity contribution in [3.8, 4) is 0 Å². The number of hydrogen-bond acceptors (Lipinski definition) is 4. The molecule has 1 atom stereocenters. The summed E-state index contributed by atoms with van der Waals surface area (Å²) in [5.41, 5.74) is 5.17. The molecular weight excluding hydrogens is 216 g/mol. The Labute approximate surface area is 91.4 Å². The molecule has 1 saturated heterocycles. The van der Waals surface area contributed by atoms with E-state index in [1.807, 2.05) is 0 Å². The normalized spacial score (nSPS) is 23.3. The van der Waals surface area contributed by atoms with Gasteiger partial charge in [0.2, 0.25) is 10.0 Å². The van der Waals surface area contributed by atoms with Crippen LogP contribution in [0.1, 0.15) is 26.7 Å². The van der Waals surface area contributed by atoms with Crippen molar-refractivity contribution in [2.45, 2.75) is 38.3 Å². The summed E-state index contributed by atoms with van der Waals surface area (Å²) in [6, 6.07) is 0. The van der Waals surface area contributed by atoms with Gasteiger partial charge in [0.05, 0.1) is 11.9 Å². The Hall–Kier alpha value is -0.170. The number of rotatable bonds is 5. The Bertz CT molecular complexity index is 289. The summed E-state index contributed by atoms with van der Waals surface area (Å²) in [4.78, 5) is 0. The SMILES string of the molecule is CC(C)(N)CNS(=O)(=O)CC1CCCO1. The van der Waals surface area contributed by atoms with Gasteiger partial charge in [0.25, 0.3) is 0 Å². The van der Waals surface area contributed by atoms with Crippen LogP contribution in [0.25, 0.3) is 0 Å². The van der Waals surface area contributed by atoms with Crippen LogP contribution in [0.3, 0.4) is 0 Å². The van der Waals surface area contributed by atoms with Crippen molar-refractivity contribution in [1.29, 1.82) is 0 Å². The minimum Gasteiger partial charge on any atom is -0.377 e. The van der Waals surface area contributed by atoms with Crippen LogP contribution < -0.4 is 10.5 Å². The standard InChI is InChI=1S/C9H20N2O3S/c1-9(2,10)7-11-15(12,13)6-8-4-3-5-14-8/h8,11H,3-7,10H2,1-2H3. The van der Waals surface area contributed by atoms with E-state index < -0.39 is 15.6 Å². The maximum absolute atomic E-state index is 11.6. The molecule has 5 nitrogen and oxygen atoms in total. The van der Waals surface area contributed by atoms with Gasteiger partial charge in [0.1, 0.15) is 0 Å². The molecule has 0 aromatic rings. The number of nitrogens with one attached hydrogen (secondary N) is 1. The highest BCUT2D eigenvalue weighted by Crippen LogP contribution is 2.13. The van der Waals surface area contributed by atoms with E-state index in [1.165, 1.54) is 0 Å². The van der Waals surface area contributed by atoms with Gasteiger partial charge in [-0.3, -0.25) is 0 Å². The Morgan fingerprint density at radius 1 is 1.53 bits per heavy atom. The van der Waals surface area contributed by atoms with Crippen LogP contribution in [-0.2, 0) is 14.8 Å². The first-order valence-corrected chi connectivity index (χ1v) is 6.82. The molecule has 3 N–H and O–H groups in total. The zero-order chi connectivity index (χ0) is 11.5. The molecule has 1 heterocycles. The first kappa shape index (κ1) is 12.9. The van der Waals surface area contributed by atoms with Crippen molar-refractivity contribution >= 4 is 10.0 Å². The Kier molecular flexibility index (Phi) is 4.11. The lowest BCUT2D eigenvalue weighted by atomic mass is 10.1. The van der Waals surface area contributed by atoms with E-state index >= 15 is 0 Å². The van der Waals surface area contributed by atoms with Gasteiger partial charge >= 0.3 is 0 Å². The second-order valence-electron chi connectivity index (χ2n) is 4.73. The Balaban J connectivity index is 2.38. The molecule has 0 aromatic carbocycles. The largest absolute Gasteiger partial charge is 0.377 e. The zero-order valence-corrected chi connectivity index (χ0v) is 10.1. The molecular formula is C9H20N2O3S. The lowest BCUT2D eigenvalue weighted by molar-refractivity contribution is 0.127. The molecule has 90 valence electrons. The third-order valence-electron chi connectivity index (χ3n) is 2.18. The van der Waals surface area contributed by atoms with E-state index in [9.17, 15) is 8.42 Å². The summed E-state index contributed by atoms with van der Waals surface area (Å²) >= 11 is 0. The molecule has 15 heavy (non-hydrogen) atoms. The van der Waals surface area contributed by atoms with Crippen molar-refractivity contribution in [3.63, 3.8) is 0 Å². The maximum atomic E-state index is 11.6. The van der Waals surface area contributed by atoms with Crippen LogP contribution in [0.5, 0.6) is 0 Å². The molecule has 0 spiro atoms. The Morgan fingerprint density at radius 3 is 2.67 bits per heavy atom. The molecule has 1 unspecified atom stereocenters. The van der Waals surface area contributed by atoms with E-state index in [0.29, 0.717) is 6.61 Å².